The molecule has 0 saturated carbocycles. The highest BCUT2D eigenvalue weighted by Gasteiger charge is 2.38. The Bertz CT molecular complexity index is 1570. The van der Waals surface area contributed by atoms with Gasteiger partial charge in [0.15, 0.2) is 0 Å². The predicted octanol–water partition coefficient (Wildman–Crippen LogP) is 3.43. The van der Waals surface area contributed by atoms with E-state index in [-0.39, 0.29) is 10.5 Å². The first kappa shape index (κ1) is 34.9. The van der Waals surface area contributed by atoms with Gasteiger partial charge in [0.2, 0.25) is 0 Å². The van der Waals surface area contributed by atoms with Gasteiger partial charge in [-0.1, -0.05) is 12.1 Å². The second-order valence-corrected chi connectivity index (χ2v) is 10.4. The zero-order valence-corrected chi connectivity index (χ0v) is 22.9. The van der Waals surface area contributed by atoms with E-state index in [4.69, 9.17) is 24.5 Å². The van der Waals surface area contributed by atoms with Gasteiger partial charge >= 0.3 is 24.3 Å². The van der Waals surface area contributed by atoms with E-state index in [1.807, 2.05) is 18.2 Å². The SMILES string of the molecule is COc1cc(CN2CCNCC2)c2ccn(S(=O)(=O)c3ccccc3C#N)c2c1.O=C(O)C(F)(F)F.O=C(O)C(F)(F)F. The molecule has 0 bridgehead atoms. The second kappa shape index (κ2) is 14.2. The summed E-state index contributed by atoms with van der Waals surface area (Å²) < 4.78 is 96.8. The third-order valence-electron chi connectivity index (χ3n) is 5.70. The van der Waals surface area contributed by atoms with Crippen molar-refractivity contribution in [3.05, 3.63) is 59.8 Å². The van der Waals surface area contributed by atoms with Gasteiger partial charge in [-0.25, -0.2) is 22.0 Å². The summed E-state index contributed by atoms with van der Waals surface area (Å²) in [6.07, 6.45) is -8.62. The van der Waals surface area contributed by atoms with Crippen LogP contribution in [0.15, 0.2) is 53.6 Å². The Morgan fingerprint density at radius 2 is 1.53 bits per heavy atom. The minimum absolute atomic E-state index is 0.00789. The molecule has 0 unspecified atom stereocenters. The summed E-state index contributed by atoms with van der Waals surface area (Å²) in [6.45, 7) is 4.47. The number of aromatic nitrogens is 1. The average molecular weight is 639 g/mol. The Hall–Kier alpha value is -4.34. The molecular weight excluding hydrogens is 614 g/mol. The Morgan fingerprint density at radius 3 is 2.02 bits per heavy atom. The Morgan fingerprint density at radius 1 is 1.00 bits per heavy atom. The van der Waals surface area contributed by atoms with Crippen molar-refractivity contribution in [2.75, 3.05) is 33.3 Å². The van der Waals surface area contributed by atoms with Crippen LogP contribution in [0.4, 0.5) is 26.3 Å². The number of nitrogens with zero attached hydrogens (tertiary/aromatic N) is 3. The molecule has 2 aromatic carbocycles. The Kier molecular flexibility index (Phi) is 11.5. The number of hydrogen-bond acceptors (Lipinski definition) is 8. The lowest BCUT2D eigenvalue weighted by Gasteiger charge is -2.27. The summed E-state index contributed by atoms with van der Waals surface area (Å²) in [5, 5.41) is 27.8. The van der Waals surface area contributed by atoms with Crippen LogP contribution in [0, 0.1) is 11.3 Å². The number of methoxy groups -OCH3 is 1. The molecule has 2 heterocycles. The number of carboxylic acids is 2. The first-order valence-electron chi connectivity index (χ1n) is 11.9. The normalized spacial score (nSPS) is 14.0. The van der Waals surface area contributed by atoms with Crippen molar-refractivity contribution in [2.24, 2.45) is 0 Å². The number of piperazine rings is 1. The molecule has 0 amide bonds. The van der Waals surface area contributed by atoms with Crippen LogP contribution in [0.5, 0.6) is 5.75 Å². The summed E-state index contributed by atoms with van der Waals surface area (Å²) >= 11 is 0. The summed E-state index contributed by atoms with van der Waals surface area (Å²) in [7, 11) is -2.35. The fourth-order valence-electron chi connectivity index (χ4n) is 3.72. The number of fused-ring (bicyclic) bond motifs is 1. The number of hydrogen-bond donors (Lipinski definition) is 3. The van der Waals surface area contributed by atoms with Gasteiger partial charge in [0.1, 0.15) is 16.7 Å². The van der Waals surface area contributed by atoms with E-state index in [0.29, 0.717) is 17.8 Å². The Balaban J connectivity index is 0.000000384. The highest BCUT2D eigenvalue weighted by molar-refractivity contribution is 7.90. The number of carboxylic acid groups (broad SMARTS) is 2. The van der Waals surface area contributed by atoms with E-state index in [2.05, 4.69) is 10.2 Å². The molecular formula is C25H24F6N4O7S. The van der Waals surface area contributed by atoms with Gasteiger partial charge in [-0.3, -0.25) is 4.90 Å². The minimum atomic E-state index is -5.08. The first-order chi connectivity index (χ1) is 19.9. The minimum Gasteiger partial charge on any atom is -0.497 e. The summed E-state index contributed by atoms with van der Waals surface area (Å²) in [6, 6.07) is 13.7. The molecule has 43 heavy (non-hydrogen) atoms. The fraction of sp³-hybridized carbons (Fsp3) is 0.320. The second-order valence-electron chi connectivity index (χ2n) is 8.58. The lowest BCUT2D eigenvalue weighted by atomic mass is 10.1. The van der Waals surface area contributed by atoms with Crippen LogP contribution >= 0.6 is 0 Å². The predicted molar refractivity (Wildman–Crippen MR) is 138 cm³/mol. The number of benzene rings is 2. The van der Waals surface area contributed by atoms with Gasteiger partial charge in [0, 0.05) is 50.4 Å². The van der Waals surface area contributed by atoms with Gasteiger partial charge in [0.25, 0.3) is 10.0 Å². The molecule has 3 aromatic rings. The Labute approximate surface area is 240 Å². The van der Waals surface area contributed by atoms with E-state index < -0.39 is 34.3 Å². The van der Waals surface area contributed by atoms with Crippen LogP contribution < -0.4 is 10.1 Å². The average Bonchev–Trinajstić information content (AvgIpc) is 3.38. The maximum absolute atomic E-state index is 13.3. The maximum Gasteiger partial charge on any atom is 0.490 e. The summed E-state index contributed by atoms with van der Waals surface area (Å²) in [5.41, 5.74) is 1.68. The molecule has 4 rings (SSSR count). The highest BCUT2D eigenvalue weighted by Crippen LogP contribution is 2.31. The zero-order chi connectivity index (χ0) is 32.6. The van der Waals surface area contributed by atoms with E-state index in [9.17, 15) is 40.0 Å². The lowest BCUT2D eigenvalue weighted by molar-refractivity contribution is -0.193. The molecule has 0 spiro atoms. The lowest BCUT2D eigenvalue weighted by Crippen LogP contribution is -2.42. The number of ether oxygens (including phenoxy) is 1. The number of rotatable bonds is 5. The number of carbonyl (C=O) groups is 2. The molecule has 11 nitrogen and oxygen atoms in total. The smallest absolute Gasteiger partial charge is 0.490 e. The molecule has 18 heteroatoms. The third kappa shape index (κ3) is 9.33. The number of nitriles is 1. The van der Waals surface area contributed by atoms with Crippen LogP contribution in [0.2, 0.25) is 0 Å². The monoisotopic (exact) mass is 638 g/mol. The third-order valence-corrected chi connectivity index (χ3v) is 7.45. The van der Waals surface area contributed by atoms with Gasteiger partial charge in [-0.2, -0.15) is 31.6 Å². The molecule has 1 aliphatic heterocycles. The van der Waals surface area contributed by atoms with E-state index in [1.165, 1.54) is 16.1 Å². The highest BCUT2D eigenvalue weighted by atomic mass is 32.2. The summed E-state index contributed by atoms with van der Waals surface area (Å²) in [4.78, 5) is 20.1. The molecule has 3 N–H and O–H groups in total. The van der Waals surface area contributed by atoms with Gasteiger partial charge < -0.3 is 20.3 Å². The number of halogens is 6. The van der Waals surface area contributed by atoms with Crippen molar-refractivity contribution in [3.63, 3.8) is 0 Å². The zero-order valence-electron chi connectivity index (χ0n) is 22.1. The molecule has 0 atom stereocenters. The number of nitrogens with one attached hydrogen (secondary N) is 1. The van der Waals surface area contributed by atoms with Crippen molar-refractivity contribution in [3.8, 4) is 11.8 Å². The van der Waals surface area contributed by atoms with E-state index in [0.717, 1.165) is 37.1 Å². The fourth-order valence-corrected chi connectivity index (χ4v) is 5.21. The van der Waals surface area contributed by atoms with Crippen LogP contribution in [0.1, 0.15) is 11.1 Å². The van der Waals surface area contributed by atoms with Crippen molar-refractivity contribution in [1.82, 2.24) is 14.2 Å². The molecule has 1 aliphatic rings. The van der Waals surface area contributed by atoms with E-state index >= 15 is 0 Å². The molecule has 1 saturated heterocycles. The van der Waals surface area contributed by atoms with Crippen molar-refractivity contribution in [1.29, 1.82) is 5.26 Å². The molecule has 234 valence electrons. The summed E-state index contributed by atoms with van der Waals surface area (Å²) in [5.74, 6) is -4.91. The van der Waals surface area contributed by atoms with Crippen LogP contribution in [-0.4, -0.2) is 85.1 Å². The van der Waals surface area contributed by atoms with Crippen molar-refractivity contribution >= 4 is 32.9 Å². The van der Waals surface area contributed by atoms with E-state index in [1.54, 1.807) is 31.5 Å². The topological polar surface area (TPSA) is 162 Å². The van der Waals surface area contributed by atoms with Crippen molar-refractivity contribution < 1.29 is 59.3 Å². The first-order valence-corrected chi connectivity index (χ1v) is 13.3. The standard InChI is InChI=1S/C21H22N4O3S.2C2HF3O2/c1-28-18-12-17(15-24-10-7-23-8-11-24)19-6-9-25(20(19)13-18)29(26,27)21-5-3-2-4-16(21)14-22;2*3-2(4,5)1(6)7/h2-6,9,12-13,23H,7-8,10-11,15H2,1H3;2*(H,6,7). The quantitative estimate of drug-likeness (QED) is 0.353. The van der Waals surface area contributed by atoms with Gasteiger partial charge in [-0.05, 0) is 29.8 Å². The number of aliphatic carboxylic acids is 2. The van der Waals surface area contributed by atoms with Crippen LogP contribution in [0.25, 0.3) is 10.9 Å². The molecule has 1 aromatic heterocycles. The number of alkyl halides is 6. The molecule has 1 fully saturated rings. The van der Waals surface area contributed by atoms with Crippen LogP contribution in [-0.2, 0) is 26.2 Å². The largest absolute Gasteiger partial charge is 0.497 e. The molecule has 0 radical (unpaired) electrons. The maximum atomic E-state index is 13.3. The van der Waals surface area contributed by atoms with Crippen LogP contribution in [0.3, 0.4) is 0 Å². The van der Waals surface area contributed by atoms with Gasteiger partial charge in [0.05, 0.1) is 18.2 Å². The van der Waals surface area contributed by atoms with Gasteiger partial charge in [-0.15, -0.1) is 0 Å². The molecule has 0 aliphatic carbocycles. The van der Waals surface area contributed by atoms with Crippen molar-refractivity contribution in [2.45, 2.75) is 23.8 Å².